The van der Waals surface area contributed by atoms with Gasteiger partial charge in [-0.25, -0.2) is 0 Å². The van der Waals surface area contributed by atoms with Gasteiger partial charge in [0.2, 0.25) is 0 Å². The zero-order valence-electron chi connectivity index (χ0n) is 13.0. The third-order valence-corrected chi connectivity index (χ3v) is 5.13. The Morgan fingerprint density at radius 1 is 0.909 bits per heavy atom. The van der Waals surface area contributed by atoms with E-state index in [2.05, 4.69) is 69.8 Å². The highest BCUT2D eigenvalue weighted by Gasteiger charge is 2.15. The van der Waals surface area contributed by atoms with Crippen LogP contribution in [-0.2, 0) is 6.42 Å². The van der Waals surface area contributed by atoms with Crippen LogP contribution in [0.1, 0.15) is 10.4 Å². The molecule has 0 bridgehead atoms. The standard InChI is InChI=1S/C19H24N2S/c1-2-6-18(7-3-1)8-4-11-20-13-15-21(16-14-20)12-10-19-9-5-17-22-19/h1-9,17H,10-16H2/b8-4-. The van der Waals surface area contributed by atoms with Gasteiger partial charge < -0.3 is 4.90 Å². The van der Waals surface area contributed by atoms with Gasteiger partial charge >= 0.3 is 0 Å². The van der Waals surface area contributed by atoms with Gasteiger partial charge in [0.15, 0.2) is 0 Å². The summed E-state index contributed by atoms with van der Waals surface area (Å²) in [7, 11) is 0. The second-order valence-electron chi connectivity index (χ2n) is 5.78. The molecule has 0 atom stereocenters. The number of nitrogens with zero attached hydrogens (tertiary/aromatic N) is 2. The van der Waals surface area contributed by atoms with E-state index in [4.69, 9.17) is 0 Å². The number of thiophene rings is 1. The first-order valence-electron chi connectivity index (χ1n) is 8.09. The minimum Gasteiger partial charge on any atom is -0.300 e. The van der Waals surface area contributed by atoms with E-state index in [1.165, 1.54) is 49.6 Å². The van der Waals surface area contributed by atoms with E-state index in [-0.39, 0.29) is 0 Å². The lowest BCUT2D eigenvalue weighted by atomic mass is 10.2. The van der Waals surface area contributed by atoms with E-state index >= 15 is 0 Å². The van der Waals surface area contributed by atoms with Gasteiger partial charge in [-0.2, -0.15) is 0 Å². The molecule has 2 nitrogen and oxygen atoms in total. The number of benzene rings is 1. The monoisotopic (exact) mass is 312 g/mol. The summed E-state index contributed by atoms with van der Waals surface area (Å²) in [5.41, 5.74) is 1.29. The Bertz CT molecular complexity index is 554. The molecule has 1 fully saturated rings. The van der Waals surface area contributed by atoms with Crippen molar-refractivity contribution in [2.45, 2.75) is 6.42 Å². The molecule has 1 aliphatic heterocycles. The fraction of sp³-hybridized carbons (Fsp3) is 0.368. The van der Waals surface area contributed by atoms with Crippen molar-refractivity contribution in [3.63, 3.8) is 0 Å². The Morgan fingerprint density at radius 3 is 2.41 bits per heavy atom. The fourth-order valence-corrected chi connectivity index (χ4v) is 3.52. The lowest BCUT2D eigenvalue weighted by molar-refractivity contribution is 0.144. The summed E-state index contributed by atoms with van der Waals surface area (Å²) in [6.45, 7) is 7.03. The molecule has 0 aliphatic carbocycles. The summed E-state index contributed by atoms with van der Waals surface area (Å²) in [4.78, 5) is 6.64. The summed E-state index contributed by atoms with van der Waals surface area (Å²) >= 11 is 1.87. The number of piperazine rings is 1. The molecular formula is C19H24N2S. The van der Waals surface area contributed by atoms with Crippen molar-refractivity contribution in [3.8, 4) is 0 Å². The summed E-state index contributed by atoms with van der Waals surface area (Å²) < 4.78 is 0. The molecule has 1 aliphatic rings. The van der Waals surface area contributed by atoms with Gasteiger partial charge in [0.05, 0.1) is 0 Å². The van der Waals surface area contributed by atoms with Gasteiger partial charge in [-0.3, -0.25) is 4.90 Å². The van der Waals surface area contributed by atoms with E-state index in [1.54, 1.807) is 0 Å². The molecule has 3 rings (SSSR count). The first kappa shape index (κ1) is 15.5. The van der Waals surface area contributed by atoms with Gasteiger partial charge in [0.1, 0.15) is 0 Å². The van der Waals surface area contributed by atoms with Crippen LogP contribution in [0.25, 0.3) is 6.08 Å². The van der Waals surface area contributed by atoms with Crippen molar-refractivity contribution in [1.82, 2.24) is 9.80 Å². The summed E-state index contributed by atoms with van der Waals surface area (Å²) in [5.74, 6) is 0. The predicted molar refractivity (Wildman–Crippen MR) is 96.4 cm³/mol. The number of hydrogen-bond acceptors (Lipinski definition) is 3. The molecule has 1 aromatic carbocycles. The molecule has 0 unspecified atom stereocenters. The highest BCUT2D eigenvalue weighted by atomic mass is 32.1. The van der Waals surface area contributed by atoms with Gasteiger partial charge in [-0.15, -0.1) is 11.3 Å². The smallest absolute Gasteiger partial charge is 0.0167 e. The van der Waals surface area contributed by atoms with Crippen molar-refractivity contribution in [2.24, 2.45) is 0 Å². The van der Waals surface area contributed by atoms with Crippen LogP contribution in [0.5, 0.6) is 0 Å². The summed E-state index contributed by atoms with van der Waals surface area (Å²) in [6.07, 6.45) is 5.71. The molecule has 2 aromatic rings. The molecule has 116 valence electrons. The quantitative estimate of drug-likeness (QED) is 0.804. The number of hydrogen-bond donors (Lipinski definition) is 0. The summed E-state index contributed by atoms with van der Waals surface area (Å²) in [5, 5.41) is 2.17. The van der Waals surface area contributed by atoms with E-state index in [0.717, 1.165) is 6.54 Å². The molecule has 0 N–H and O–H groups in total. The van der Waals surface area contributed by atoms with Crippen LogP contribution >= 0.6 is 11.3 Å². The Kier molecular flexibility index (Phi) is 5.82. The molecule has 3 heteroatoms. The van der Waals surface area contributed by atoms with Crippen LogP contribution in [0, 0.1) is 0 Å². The molecule has 1 saturated heterocycles. The second-order valence-corrected chi connectivity index (χ2v) is 6.82. The maximum Gasteiger partial charge on any atom is 0.0167 e. The molecule has 0 spiro atoms. The van der Waals surface area contributed by atoms with Crippen molar-refractivity contribution < 1.29 is 0 Å². The zero-order chi connectivity index (χ0) is 15.0. The lowest BCUT2D eigenvalue weighted by Crippen LogP contribution is -2.46. The Balaban J connectivity index is 1.36. The minimum absolute atomic E-state index is 1.06. The Morgan fingerprint density at radius 2 is 1.68 bits per heavy atom. The van der Waals surface area contributed by atoms with Crippen LogP contribution in [0.15, 0.2) is 53.9 Å². The van der Waals surface area contributed by atoms with Crippen LogP contribution < -0.4 is 0 Å². The normalized spacial score (nSPS) is 17.3. The van der Waals surface area contributed by atoms with Crippen molar-refractivity contribution in [3.05, 3.63) is 64.4 Å². The average molecular weight is 312 g/mol. The predicted octanol–water partition coefficient (Wildman–Crippen LogP) is 3.62. The van der Waals surface area contributed by atoms with Crippen molar-refractivity contribution in [2.75, 3.05) is 39.3 Å². The van der Waals surface area contributed by atoms with Gasteiger partial charge in [-0.1, -0.05) is 48.6 Å². The topological polar surface area (TPSA) is 6.48 Å². The molecule has 22 heavy (non-hydrogen) atoms. The molecule has 0 radical (unpaired) electrons. The SMILES string of the molecule is C(=C/c1ccccc1)/CN1CCN(CCc2cccs2)CC1. The molecule has 0 saturated carbocycles. The number of rotatable bonds is 6. The molecular weight excluding hydrogens is 288 g/mol. The van der Waals surface area contributed by atoms with Crippen molar-refractivity contribution in [1.29, 1.82) is 0 Å². The third kappa shape index (κ3) is 4.80. The van der Waals surface area contributed by atoms with Crippen molar-refractivity contribution >= 4 is 17.4 Å². The maximum absolute atomic E-state index is 2.59. The summed E-state index contributed by atoms with van der Waals surface area (Å²) in [6, 6.07) is 14.9. The minimum atomic E-state index is 1.06. The largest absolute Gasteiger partial charge is 0.300 e. The molecule has 0 amide bonds. The maximum atomic E-state index is 2.59. The van der Waals surface area contributed by atoms with Gasteiger partial charge in [0, 0.05) is 44.1 Å². The molecule has 1 aromatic heterocycles. The Labute approximate surface area is 137 Å². The van der Waals surface area contributed by atoms with E-state index in [1.807, 2.05) is 11.3 Å². The highest BCUT2D eigenvalue weighted by molar-refractivity contribution is 7.09. The highest BCUT2D eigenvalue weighted by Crippen LogP contribution is 2.11. The third-order valence-electron chi connectivity index (χ3n) is 4.19. The zero-order valence-corrected chi connectivity index (χ0v) is 13.8. The van der Waals surface area contributed by atoms with Crippen LogP contribution in [-0.4, -0.2) is 49.1 Å². The van der Waals surface area contributed by atoms with E-state index in [9.17, 15) is 0 Å². The average Bonchev–Trinajstić information content (AvgIpc) is 3.09. The van der Waals surface area contributed by atoms with E-state index in [0.29, 0.717) is 0 Å². The first-order chi connectivity index (χ1) is 10.9. The Hall–Kier alpha value is -1.42. The lowest BCUT2D eigenvalue weighted by Gasteiger charge is -2.34. The van der Waals surface area contributed by atoms with Crippen LogP contribution in [0.4, 0.5) is 0 Å². The van der Waals surface area contributed by atoms with Crippen LogP contribution in [0.2, 0.25) is 0 Å². The first-order valence-corrected chi connectivity index (χ1v) is 8.97. The van der Waals surface area contributed by atoms with Gasteiger partial charge in [-0.05, 0) is 23.4 Å². The van der Waals surface area contributed by atoms with E-state index < -0.39 is 0 Å². The molecule has 2 heterocycles. The second kappa shape index (κ2) is 8.28. The van der Waals surface area contributed by atoms with Gasteiger partial charge in [0.25, 0.3) is 0 Å². The fourth-order valence-electron chi connectivity index (χ4n) is 2.82. The van der Waals surface area contributed by atoms with Crippen LogP contribution in [0.3, 0.4) is 0 Å².